The summed E-state index contributed by atoms with van der Waals surface area (Å²) in [4.78, 5) is 0. The second kappa shape index (κ2) is 7.65. The highest BCUT2D eigenvalue weighted by molar-refractivity contribution is 5.29. The smallest absolute Gasteiger partial charge is 0.119 e. The maximum Gasteiger partial charge on any atom is 0.119 e. The monoisotopic (exact) mass is 279 g/mol. The van der Waals surface area contributed by atoms with Crippen molar-refractivity contribution in [1.29, 1.82) is 0 Å². The van der Waals surface area contributed by atoms with Crippen LogP contribution in [-0.2, 0) is 0 Å². The van der Waals surface area contributed by atoms with E-state index in [0.717, 1.165) is 18.7 Å². The molecule has 0 bridgehead atoms. The van der Waals surface area contributed by atoms with Gasteiger partial charge < -0.3 is 15.2 Å². The number of ether oxygens (including phenoxy) is 1. The molecule has 1 rings (SSSR count). The quantitative estimate of drug-likeness (QED) is 0.767. The molecule has 0 aromatic heterocycles. The van der Waals surface area contributed by atoms with E-state index in [1.165, 1.54) is 5.56 Å². The average Bonchev–Trinajstić information content (AvgIpc) is 2.39. The summed E-state index contributed by atoms with van der Waals surface area (Å²) >= 11 is 0. The van der Waals surface area contributed by atoms with Gasteiger partial charge in [-0.15, -0.1) is 0 Å². The predicted molar refractivity (Wildman–Crippen MR) is 84.4 cm³/mol. The van der Waals surface area contributed by atoms with Gasteiger partial charge in [-0.25, -0.2) is 0 Å². The minimum absolute atomic E-state index is 0.0519. The summed E-state index contributed by atoms with van der Waals surface area (Å²) in [5, 5.41) is 12.8. The first-order valence-electron chi connectivity index (χ1n) is 7.52. The maximum atomic E-state index is 9.51. The van der Waals surface area contributed by atoms with Gasteiger partial charge >= 0.3 is 0 Å². The lowest BCUT2D eigenvalue weighted by atomic mass is 9.95. The van der Waals surface area contributed by atoms with Gasteiger partial charge in [0, 0.05) is 12.0 Å². The molecule has 1 aromatic carbocycles. The Hall–Kier alpha value is -1.06. The number of aliphatic hydroxyl groups is 1. The first-order chi connectivity index (χ1) is 9.40. The Balaban J connectivity index is 2.59. The van der Waals surface area contributed by atoms with Crippen LogP contribution in [0.5, 0.6) is 5.75 Å². The summed E-state index contributed by atoms with van der Waals surface area (Å²) in [6.45, 7) is 11.4. The Morgan fingerprint density at radius 2 is 1.80 bits per heavy atom. The zero-order valence-electron chi connectivity index (χ0n) is 13.4. The van der Waals surface area contributed by atoms with Gasteiger partial charge in [0.05, 0.1) is 12.7 Å². The molecule has 0 amide bonds. The molecule has 2 atom stereocenters. The first-order valence-corrected chi connectivity index (χ1v) is 7.52. The predicted octanol–water partition coefficient (Wildman–Crippen LogP) is 3.33. The van der Waals surface area contributed by atoms with Crippen LogP contribution in [0.25, 0.3) is 0 Å². The lowest BCUT2D eigenvalue weighted by Crippen LogP contribution is -2.48. The normalized spacial score (nSPS) is 15.9. The van der Waals surface area contributed by atoms with Gasteiger partial charge in [0.1, 0.15) is 5.75 Å². The third-order valence-electron chi connectivity index (χ3n) is 3.57. The van der Waals surface area contributed by atoms with E-state index in [1.807, 2.05) is 32.9 Å². The molecule has 20 heavy (non-hydrogen) atoms. The van der Waals surface area contributed by atoms with E-state index in [1.54, 1.807) is 0 Å². The van der Waals surface area contributed by atoms with E-state index in [4.69, 9.17) is 4.74 Å². The zero-order chi connectivity index (χ0) is 15.2. The van der Waals surface area contributed by atoms with E-state index >= 15 is 0 Å². The number of benzene rings is 1. The van der Waals surface area contributed by atoms with Crippen LogP contribution in [0.4, 0.5) is 0 Å². The van der Waals surface area contributed by atoms with Gasteiger partial charge in [-0.2, -0.15) is 0 Å². The minimum Gasteiger partial charge on any atom is -0.491 e. The molecule has 0 aliphatic heterocycles. The topological polar surface area (TPSA) is 41.5 Å². The van der Waals surface area contributed by atoms with E-state index in [0.29, 0.717) is 5.92 Å². The van der Waals surface area contributed by atoms with Crippen molar-refractivity contribution in [1.82, 2.24) is 5.32 Å². The molecular formula is C17H29NO2. The SMILES string of the molecule is CCNC(C)(CO)CC(C)Oc1ccc(C(C)C)cc1. The van der Waals surface area contributed by atoms with E-state index in [9.17, 15) is 5.11 Å². The summed E-state index contributed by atoms with van der Waals surface area (Å²) in [7, 11) is 0. The molecular weight excluding hydrogens is 250 g/mol. The number of likely N-dealkylation sites (N-methyl/N-ethyl adjacent to an activating group) is 1. The van der Waals surface area contributed by atoms with Gasteiger partial charge in [-0.3, -0.25) is 0 Å². The molecule has 2 N–H and O–H groups in total. The van der Waals surface area contributed by atoms with Crippen LogP contribution in [0, 0.1) is 0 Å². The molecule has 0 spiro atoms. The highest BCUT2D eigenvalue weighted by atomic mass is 16.5. The Morgan fingerprint density at radius 1 is 1.20 bits per heavy atom. The van der Waals surface area contributed by atoms with Crippen molar-refractivity contribution in [3.8, 4) is 5.75 Å². The average molecular weight is 279 g/mol. The third-order valence-corrected chi connectivity index (χ3v) is 3.57. The van der Waals surface area contributed by atoms with Gasteiger partial charge in [-0.1, -0.05) is 32.9 Å². The second-order valence-electron chi connectivity index (χ2n) is 6.11. The number of nitrogens with one attached hydrogen (secondary N) is 1. The van der Waals surface area contributed by atoms with Crippen LogP contribution >= 0.6 is 0 Å². The molecule has 0 saturated heterocycles. The molecule has 0 fully saturated rings. The summed E-state index contributed by atoms with van der Waals surface area (Å²) in [5.74, 6) is 1.42. The highest BCUT2D eigenvalue weighted by Crippen LogP contribution is 2.21. The van der Waals surface area contributed by atoms with E-state index < -0.39 is 0 Å². The summed E-state index contributed by atoms with van der Waals surface area (Å²) in [5.41, 5.74) is 1.03. The standard InChI is InChI=1S/C17H29NO2/c1-6-18-17(5,12-19)11-14(4)20-16-9-7-15(8-10-16)13(2)3/h7-10,13-14,18-19H,6,11-12H2,1-5H3. The van der Waals surface area contributed by atoms with Gasteiger partial charge in [0.2, 0.25) is 0 Å². The van der Waals surface area contributed by atoms with Crippen LogP contribution in [0.2, 0.25) is 0 Å². The van der Waals surface area contributed by atoms with Crippen LogP contribution in [0.3, 0.4) is 0 Å². The first kappa shape index (κ1) is 17.0. The molecule has 3 nitrogen and oxygen atoms in total. The zero-order valence-corrected chi connectivity index (χ0v) is 13.4. The Morgan fingerprint density at radius 3 is 2.25 bits per heavy atom. The van der Waals surface area contributed by atoms with Crippen molar-refractivity contribution in [3.63, 3.8) is 0 Å². The molecule has 0 heterocycles. The fourth-order valence-corrected chi connectivity index (χ4v) is 2.46. The molecule has 3 heteroatoms. The van der Waals surface area contributed by atoms with Crippen LogP contribution in [0.15, 0.2) is 24.3 Å². The summed E-state index contributed by atoms with van der Waals surface area (Å²) < 4.78 is 5.94. The fraction of sp³-hybridized carbons (Fsp3) is 0.647. The van der Waals surface area contributed by atoms with E-state index in [-0.39, 0.29) is 18.2 Å². The lowest BCUT2D eigenvalue weighted by Gasteiger charge is -2.31. The molecule has 0 aliphatic rings. The lowest BCUT2D eigenvalue weighted by molar-refractivity contribution is 0.111. The van der Waals surface area contributed by atoms with Crippen LogP contribution < -0.4 is 10.1 Å². The third kappa shape index (κ3) is 5.14. The van der Waals surface area contributed by atoms with Crippen LogP contribution in [-0.4, -0.2) is 29.9 Å². The molecule has 114 valence electrons. The van der Waals surface area contributed by atoms with Gasteiger partial charge in [-0.05, 0) is 44.0 Å². The van der Waals surface area contributed by atoms with Gasteiger partial charge in [0.25, 0.3) is 0 Å². The number of hydrogen-bond donors (Lipinski definition) is 2. The number of rotatable bonds is 8. The number of hydrogen-bond acceptors (Lipinski definition) is 3. The molecule has 2 unspecified atom stereocenters. The van der Waals surface area contributed by atoms with Crippen molar-refractivity contribution in [2.24, 2.45) is 0 Å². The summed E-state index contributed by atoms with van der Waals surface area (Å²) in [6.07, 6.45) is 0.819. The van der Waals surface area contributed by atoms with Crippen molar-refractivity contribution < 1.29 is 9.84 Å². The molecule has 0 radical (unpaired) electrons. The van der Waals surface area contributed by atoms with Crippen molar-refractivity contribution in [2.75, 3.05) is 13.2 Å². The van der Waals surface area contributed by atoms with Crippen molar-refractivity contribution in [3.05, 3.63) is 29.8 Å². The highest BCUT2D eigenvalue weighted by Gasteiger charge is 2.25. The Labute approximate surface area is 123 Å². The molecule has 0 aliphatic carbocycles. The van der Waals surface area contributed by atoms with Gasteiger partial charge in [0.15, 0.2) is 0 Å². The van der Waals surface area contributed by atoms with Crippen molar-refractivity contribution in [2.45, 2.75) is 58.6 Å². The Kier molecular flexibility index (Phi) is 6.50. The fourth-order valence-electron chi connectivity index (χ4n) is 2.46. The maximum absolute atomic E-state index is 9.51. The van der Waals surface area contributed by atoms with Crippen LogP contribution in [0.1, 0.15) is 52.5 Å². The van der Waals surface area contributed by atoms with E-state index in [2.05, 4.69) is 31.3 Å². The largest absolute Gasteiger partial charge is 0.491 e. The summed E-state index contributed by atoms with van der Waals surface area (Å²) in [6, 6.07) is 8.27. The molecule has 1 aromatic rings. The Bertz CT molecular complexity index is 388. The number of aliphatic hydroxyl groups excluding tert-OH is 1. The van der Waals surface area contributed by atoms with Crippen molar-refractivity contribution >= 4 is 0 Å². The minimum atomic E-state index is -0.286. The second-order valence-corrected chi connectivity index (χ2v) is 6.11. The molecule has 0 saturated carbocycles.